The lowest BCUT2D eigenvalue weighted by atomic mass is 9.63. The lowest BCUT2D eigenvalue weighted by Gasteiger charge is -2.37. The molecular formula is C22H19N3O3. The molecule has 0 radical (unpaired) electrons. The van der Waals surface area contributed by atoms with Gasteiger partial charge in [-0.1, -0.05) is 38.0 Å². The number of terminal acetylenes is 1. The number of hydrogen-bond acceptors (Lipinski definition) is 5. The van der Waals surface area contributed by atoms with Crippen molar-refractivity contribution in [2.75, 3.05) is 6.54 Å². The molecule has 1 unspecified atom stereocenters. The van der Waals surface area contributed by atoms with Gasteiger partial charge in [0, 0.05) is 23.3 Å². The summed E-state index contributed by atoms with van der Waals surface area (Å²) in [4.78, 5) is 28.6. The van der Waals surface area contributed by atoms with Crippen molar-refractivity contribution in [2.45, 2.75) is 32.1 Å². The van der Waals surface area contributed by atoms with Crippen LogP contribution in [0.1, 0.15) is 32.3 Å². The van der Waals surface area contributed by atoms with Gasteiger partial charge in [-0.05, 0) is 17.9 Å². The molecule has 1 atom stereocenters. The predicted octanol–water partition coefficient (Wildman–Crippen LogP) is 2.13. The third-order valence-electron chi connectivity index (χ3n) is 5.61. The van der Waals surface area contributed by atoms with E-state index in [1.54, 1.807) is 24.3 Å². The van der Waals surface area contributed by atoms with Crippen molar-refractivity contribution in [3.8, 4) is 24.2 Å². The number of rotatable bonds is 1. The maximum Gasteiger partial charge on any atom is 0.248 e. The zero-order valence-electron chi connectivity index (χ0n) is 15.7. The van der Waals surface area contributed by atoms with Crippen LogP contribution in [0.15, 0.2) is 47.0 Å². The number of allylic oxidation sites excluding steroid dienone is 1. The lowest BCUT2D eigenvalue weighted by molar-refractivity contribution is -0.131. The molecule has 0 saturated carbocycles. The first-order valence-electron chi connectivity index (χ1n) is 8.98. The van der Waals surface area contributed by atoms with Crippen LogP contribution >= 0.6 is 0 Å². The van der Waals surface area contributed by atoms with Crippen molar-refractivity contribution in [2.24, 2.45) is 11.1 Å². The van der Waals surface area contributed by atoms with E-state index in [0.29, 0.717) is 29.0 Å². The molecule has 6 heteroatoms. The molecule has 0 fully saturated rings. The summed E-state index contributed by atoms with van der Waals surface area (Å²) in [6, 6.07) is 8.91. The van der Waals surface area contributed by atoms with E-state index >= 15 is 0 Å². The maximum absolute atomic E-state index is 13.8. The second-order valence-corrected chi connectivity index (χ2v) is 8.06. The largest absolute Gasteiger partial charge is 0.440 e. The van der Waals surface area contributed by atoms with E-state index in [0.717, 1.165) is 0 Å². The van der Waals surface area contributed by atoms with Gasteiger partial charge in [0.05, 0.1) is 6.54 Å². The summed E-state index contributed by atoms with van der Waals surface area (Å²) in [6.07, 6.45) is 6.30. The van der Waals surface area contributed by atoms with Gasteiger partial charge in [0.15, 0.2) is 5.78 Å². The summed E-state index contributed by atoms with van der Waals surface area (Å²) in [5.74, 6) is 2.11. The summed E-state index contributed by atoms with van der Waals surface area (Å²) in [5, 5.41) is 9.91. The van der Waals surface area contributed by atoms with Crippen molar-refractivity contribution in [1.29, 1.82) is 5.26 Å². The number of para-hydroxylation sites is 1. The maximum atomic E-state index is 13.8. The number of hydrogen-bond donors (Lipinski definition) is 1. The molecule has 1 spiro atoms. The minimum atomic E-state index is -1.60. The molecule has 0 aromatic heterocycles. The fourth-order valence-electron chi connectivity index (χ4n) is 4.61. The number of fused-ring (bicyclic) bond motifs is 3. The first kappa shape index (κ1) is 17.9. The summed E-state index contributed by atoms with van der Waals surface area (Å²) >= 11 is 0. The van der Waals surface area contributed by atoms with Gasteiger partial charge in [-0.25, -0.2) is 0 Å². The van der Waals surface area contributed by atoms with Crippen LogP contribution in [-0.2, 0) is 15.0 Å². The highest BCUT2D eigenvalue weighted by Gasteiger charge is 2.63. The molecule has 1 aromatic rings. The van der Waals surface area contributed by atoms with Gasteiger partial charge < -0.3 is 15.4 Å². The number of carbonyl (C=O) groups excluding carboxylic acids is 2. The zero-order valence-corrected chi connectivity index (χ0v) is 15.7. The van der Waals surface area contributed by atoms with E-state index in [1.807, 2.05) is 19.9 Å². The Balaban J connectivity index is 2.13. The minimum Gasteiger partial charge on any atom is -0.440 e. The summed E-state index contributed by atoms with van der Waals surface area (Å²) < 4.78 is 5.61. The molecule has 1 amide bonds. The van der Waals surface area contributed by atoms with Gasteiger partial charge in [0.25, 0.3) is 0 Å². The van der Waals surface area contributed by atoms with Crippen molar-refractivity contribution in [3.05, 3.63) is 52.6 Å². The highest BCUT2D eigenvalue weighted by Crippen LogP contribution is 2.57. The number of carbonyl (C=O) groups is 2. The highest BCUT2D eigenvalue weighted by molar-refractivity contribution is 6.15. The van der Waals surface area contributed by atoms with Crippen LogP contribution in [0.5, 0.6) is 5.75 Å². The second-order valence-electron chi connectivity index (χ2n) is 8.06. The molecule has 6 nitrogen and oxygen atoms in total. The van der Waals surface area contributed by atoms with Crippen molar-refractivity contribution >= 4 is 11.7 Å². The van der Waals surface area contributed by atoms with Crippen molar-refractivity contribution < 1.29 is 14.3 Å². The van der Waals surface area contributed by atoms with Crippen LogP contribution in [0.4, 0.5) is 0 Å². The number of benzene rings is 1. The molecule has 2 N–H and O–H groups in total. The Hall–Kier alpha value is -3.51. The quantitative estimate of drug-likeness (QED) is 0.761. The van der Waals surface area contributed by atoms with E-state index in [9.17, 15) is 14.9 Å². The van der Waals surface area contributed by atoms with Gasteiger partial charge in [-0.2, -0.15) is 5.26 Å². The molecule has 28 heavy (non-hydrogen) atoms. The number of amides is 1. The van der Waals surface area contributed by atoms with Crippen LogP contribution in [0.3, 0.4) is 0 Å². The molecule has 0 bridgehead atoms. The fraction of sp³-hybridized carbons (Fsp3) is 0.318. The summed E-state index contributed by atoms with van der Waals surface area (Å²) in [5.41, 5.74) is 5.41. The molecule has 0 saturated heterocycles. The van der Waals surface area contributed by atoms with Crippen LogP contribution in [0, 0.1) is 29.1 Å². The van der Waals surface area contributed by atoms with Gasteiger partial charge >= 0.3 is 0 Å². The Morgan fingerprint density at radius 3 is 2.68 bits per heavy atom. The van der Waals surface area contributed by atoms with Gasteiger partial charge in [-0.15, -0.1) is 6.42 Å². The SMILES string of the molecule is C#CCN1C(=O)C2(C(C#N)=C(N)Oc3ccccc32)C2=C1CC(C)(C)CC2=O. The highest BCUT2D eigenvalue weighted by atomic mass is 16.5. The summed E-state index contributed by atoms with van der Waals surface area (Å²) in [6.45, 7) is 3.97. The second kappa shape index (κ2) is 5.74. The number of ketones is 1. The molecule has 2 aliphatic heterocycles. The standard InChI is InChI=1S/C22H19N3O3/c1-4-9-25-15-10-21(2,3)11-16(26)18(15)22(20(25)27)13-7-5-6-8-17(13)28-19(24)14(22)12-23/h1,5-8H,9-11,24H2,2-3H3. The van der Waals surface area contributed by atoms with Crippen LogP contribution in [0.25, 0.3) is 0 Å². The minimum absolute atomic E-state index is 0.0183. The number of nitriles is 1. The van der Waals surface area contributed by atoms with Crippen molar-refractivity contribution in [1.82, 2.24) is 4.90 Å². The Morgan fingerprint density at radius 2 is 2.00 bits per heavy atom. The Bertz CT molecular complexity index is 1080. The van der Waals surface area contributed by atoms with Gasteiger partial charge in [-0.3, -0.25) is 9.59 Å². The topological polar surface area (TPSA) is 96.4 Å². The average Bonchev–Trinajstić information content (AvgIpc) is 2.85. The number of nitrogens with zero attached hydrogens (tertiary/aromatic N) is 2. The van der Waals surface area contributed by atoms with Crippen LogP contribution in [0.2, 0.25) is 0 Å². The van der Waals surface area contributed by atoms with E-state index < -0.39 is 11.3 Å². The molecule has 140 valence electrons. The molecule has 4 rings (SSSR count). The van der Waals surface area contributed by atoms with E-state index in [-0.39, 0.29) is 35.6 Å². The number of ether oxygens (including phenoxy) is 1. The normalized spacial score (nSPS) is 25.2. The number of Topliss-reactive ketones (excluding diaryl/α,β-unsaturated/α-hetero) is 1. The molecule has 1 aromatic carbocycles. The fourth-order valence-corrected chi connectivity index (χ4v) is 4.61. The van der Waals surface area contributed by atoms with E-state index in [2.05, 4.69) is 5.92 Å². The van der Waals surface area contributed by atoms with Crippen LogP contribution in [-0.4, -0.2) is 23.1 Å². The predicted molar refractivity (Wildman–Crippen MR) is 101 cm³/mol. The first-order chi connectivity index (χ1) is 13.3. The van der Waals surface area contributed by atoms with E-state index in [1.165, 1.54) is 4.90 Å². The Labute approximate surface area is 163 Å². The smallest absolute Gasteiger partial charge is 0.248 e. The van der Waals surface area contributed by atoms with Gasteiger partial charge in [0.2, 0.25) is 11.8 Å². The Morgan fingerprint density at radius 1 is 1.29 bits per heavy atom. The Kier molecular flexibility index (Phi) is 3.67. The average molecular weight is 373 g/mol. The molecule has 2 heterocycles. The molecule has 1 aliphatic carbocycles. The molecule has 3 aliphatic rings. The summed E-state index contributed by atoms with van der Waals surface area (Å²) in [7, 11) is 0. The monoisotopic (exact) mass is 373 g/mol. The zero-order chi connectivity index (χ0) is 20.3. The third-order valence-corrected chi connectivity index (χ3v) is 5.61. The van der Waals surface area contributed by atoms with Crippen LogP contribution < -0.4 is 10.5 Å². The lowest BCUT2D eigenvalue weighted by Crippen LogP contribution is -2.47. The van der Waals surface area contributed by atoms with E-state index in [4.69, 9.17) is 16.9 Å². The third kappa shape index (κ3) is 2.09. The van der Waals surface area contributed by atoms with Crippen molar-refractivity contribution in [3.63, 3.8) is 0 Å². The first-order valence-corrected chi connectivity index (χ1v) is 8.98. The molecular weight excluding hydrogens is 354 g/mol. The van der Waals surface area contributed by atoms with Gasteiger partial charge in [0.1, 0.15) is 22.8 Å². The number of nitrogens with two attached hydrogens (primary N) is 1.